The van der Waals surface area contributed by atoms with E-state index in [9.17, 15) is 0 Å². The third-order valence-electron chi connectivity index (χ3n) is 3.65. The number of rotatable bonds is 3. The number of hydrogen-bond acceptors (Lipinski definition) is 3. The molecule has 0 aliphatic carbocycles. The molecule has 1 saturated heterocycles. The van der Waals surface area contributed by atoms with E-state index in [0.29, 0.717) is 12.1 Å². The van der Waals surface area contributed by atoms with Gasteiger partial charge in [0.15, 0.2) is 0 Å². The van der Waals surface area contributed by atoms with Gasteiger partial charge in [-0.3, -0.25) is 4.90 Å². The van der Waals surface area contributed by atoms with E-state index in [0.717, 1.165) is 31.5 Å². The van der Waals surface area contributed by atoms with E-state index in [2.05, 4.69) is 24.0 Å². The molecule has 1 aromatic rings. The molecule has 3 nitrogen and oxygen atoms in total. The van der Waals surface area contributed by atoms with Gasteiger partial charge in [-0.2, -0.15) is 0 Å². The van der Waals surface area contributed by atoms with E-state index >= 15 is 0 Å². The molecule has 1 fully saturated rings. The SMILES string of the molecule is CC1CC(N)CCN1Cc1ccc(CO)cc1. The van der Waals surface area contributed by atoms with Gasteiger partial charge in [-0.1, -0.05) is 24.3 Å². The summed E-state index contributed by atoms with van der Waals surface area (Å²) in [6, 6.07) is 9.14. The Hall–Kier alpha value is -0.900. The van der Waals surface area contributed by atoms with Crippen molar-refractivity contribution in [2.45, 2.75) is 45.0 Å². The molecule has 0 bridgehead atoms. The minimum Gasteiger partial charge on any atom is -0.392 e. The van der Waals surface area contributed by atoms with Crippen molar-refractivity contribution >= 4 is 0 Å². The van der Waals surface area contributed by atoms with Crippen molar-refractivity contribution in [3.05, 3.63) is 35.4 Å². The van der Waals surface area contributed by atoms with Crippen LogP contribution >= 0.6 is 0 Å². The predicted octanol–water partition coefficient (Wildman–Crippen LogP) is 1.49. The van der Waals surface area contributed by atoms with Gasteiger partial charge < -0.3 is 10.8 Å². The lowest BCUT2D eigenvalue weighted by molar-refractivity contribution is 0.140. The number of likely N-dealkylation sites (tertiary alicyclic amines) is 1. The van der Waals surface area contributed by atoms with E-state index < -0.39 is 0 Å². The lowest BCUT2D eigenvalue weighted by atomic mass is 9.98. The smallest absolute Gasteiger partial charge is 0.0681 e. The number of hydrogen-bond donors (Lipinski definition) is 2. The average molecular weight is 234 g/mol. The highest BCUT2D eigenvalue weighted by molar-refractivity contribution is 5.22. The average Bonchev–Trinajstić information content (AvgIpc) is 2.34. The Bertz CT molecular complexity index is 350. The fraction of sp³-hybridized carbons (Fsp3) is 0.571. The summed E-state index contributed by atoms with van der Waals surface area (Å²) < 4.78 is 0. The summed E-state index contributed by atoms with van der Waals surface area (Å²) in [7, 11) is 0. The van der Waals surface area contributed by atoms with Crippen LogP contribution in [0.5, 0.6) is 0 Å². The van der Waals surface area contributed by atoms with Gasteiger partial charge in [0.1, 0.15) is 0 Å². The summed E-state index contributed by atoms with van der Waals surface area (Å²) in [5.41, 5.74) is 8.25. The summed E-state index contributed by atoms with van der Waals surface area (Å²) in [6.45, 7) is 4.44. The first-order valence-electron chi connectivity index (χ1n) is 6.37. The number of aliphatic hydroxyl groups is 1. The van der Waals surface area contributed by atoms with Crippen molar-refractivity contribution in [2.24, 2.45) is 5.73 Å². The molecule has 94 valence electrons. The molecular formula is C14H22N2O. The molecule has 0 saturated carbocycles. The van der Waals surface area contributed by atoms with E-state index in [-0.39, 0.29) is 6.61 Å². The van der Waals surface area contributed by atoms with Crippen molar-refractivity contribution in [2.75, 3.05) is 6.54 Å². The van der Waals surface area contributed by atoms with Crippen LogP contribution in [-0.4, -0.2) is 28.6 Å². The fourth-order valence-corrected chi connectivity index (χ4v) is 2.48. The summed E-state index contributed by atoms with van der Waals surface area (Å²) in [5.74, 6) is 0. The Morgan fingerprint density at radius 3 is 2.53 bits per heavy atom. The summed E-state index contributed by atoms with van der Waals surface area (Å²) in [6.07, 6.45) is 2.19. The molecule has 2 rings (SSSR count). The lowest BCUT2D eigenvalue weighted by Gasteiger charge is -2.36. The highest BCUT2D eigenvalue weighted by atomic mass is 16.3. The standard InChI is InChI=1S/C14H22N2O/c1-11-8-14(15)6-7-16(11)9-12-2-4-13(10-17)5-3-12/h2-5,11,14,17H,6-10,15H2,1H3. The quantitative estimate of drug-likeness (QED) is 0.833. The fourth-order valence-electron chi connectivity index (χ4n) is 2.48. The zero-order valence-corrected chi connectivity index (χ0v) is 10.5. The Labute approximate surface area is 103 Å². The molecular weight excluding hydrogens is 212 g/mol. The van der Waals surface area contributed by atoms with E-state index in [4.69, 9.17) is 10.8 Å². The van der Waals surface area contributed by atoms with Crippen molar-refractivity contribution in [3.63, 3.8) is 0 Å². The van der Waals surface area contributed by atoms with Crippen LogP contribution < -0.4 is 5.73 Å². The van der Waals surface area contributed by atoms with Gasteiger partial charge in [0, 0.05) is 25.2 Å². The van der Waals surface area contributed by atoms with Gasteiger partial charge in [0.25, 0.3) is 0 Å². The molecule has 0 radical (unpaired) electrons. The number of nitrogens with two attached hydrogens (primary N) is 1. The lowest BCUT2D eigenvalue weighted by Crippen LogP contribution is -2.44. The largest absolute Gasteiger partial charge is 0.392 e. The maximum Gasteiger partial charge on any atom is 0.0681 e. The molecule has 1 aliphatic rings. The van der Waals surface area contributed by atoms with Crippen LogP contribution in [0.1, 0.15) is 30.9 Å². The molecule has 1 aromatic carbocycles. The maximum atomic E-state index is 9.00. The molecule has 3 heteroatoms. The minimum atomic E-state index is 0.120. The molecule has 2 atom stereocenters. The van der Waals surface area contributed by atoms with Crippen LogP contribution in [0.2, 0.25) is 0 Å². The normalized spacial score (nSPS) is 26.1. The Balaban J connectivity index is 1.95. The van der Waals surface area contributed by atoms with Gasteiger partial charge in [-0.15, -0.1) is 0 Å². The number of benzene rings is 1. The molecule has 0 aromatic heterocycles. The molecule has 0 amide bonds. The second-order valence-electron chi connectivity index (χ2n) is 5.08. The summed E-state index contributed by atoms with van der Waals surface area (Å²) >= 11 is 0. The van der Waals surface area contributed by atoms with Gasteiger partial charge >= 0.3 is 0 Å². The summed E-state index contributed by atoms with van der Waals surface area (Å²) in [4.78, 5) is 2.48. The maximum absolute atomic E-state index is 9.00. The van der Waals surface area contributed by atoms with Crippen LogP contribution in [0.4, 0.5) is 0 Å². The third kappa shape index (κ3) is 3.28. The van der Waals surface area contributed by atoms with Crippen LogP contribution in [0.25, 0.3) is 0 Å². The van der Waals surface area contributed by atoms with Crippen LogP contribution in [0.15, 0.2) is 24.3 Å². The number of aliphatic hydroxyl groups excluding tert-OH is 1. The van der Waals surface area contributed by atoms with E-state index in [1.807, 2.05) is 12.1 Å². The Kier molecular flexibility index (Phi) is 4.15. The van der Waals surface area contributed by atoms with Gasteiger partial charge in [0.05, 0.1) is 6.61 Å². The monoisotopic (exact) mass is 234 g/mol. The highest BCUT2D eigenvalue weighted by Gasteiger charge is 2.22. The van der Waals surface area contributed by atoms with Crippen molar-refractivity contribution in [1.29, 1.82) is 0 Å². The summed E-state index contributed by atoms with van der Waals surface area (Å²) in [5, 5.41) is 9.00. The van der Waals surface area contributed by atoms with E-state index in [1.165, 1.54) is 5.56 Å². The first kappa shape index (κ1) is 12.6. The van der Waals surface area contributed by atoms with Crippen molar-refractivity contribution in [1.82, 2.24) is 4.90 Å². The zero-order chi connectivity index (χ0) is 12.3. The molecule has 1 aliphatic heterocycles. The first-order valence-corrected chi connectivity index (χ1v) is 6.37. The molecule has 0 spiro atoms. The van der Waals surface area contributed by atoms with Crippen LogP contribution in [0, 0.1) is 0 Å². The second-order valence-corrected chi connectivity index (χ2v) is 5.08. The van der Waals surface area contributed by atoms with Gasteiger partial charge in [0.2, 0.25) is 0 Å². The topological polar surface area (TPSA) is 49.5 Å². The molecule has 1 heterocycles. The Morgan fingerprint density at radius 1 is 1.29 bits per heavy atom. The second kappa shape index (κ2) is 5.63. The van der Waals surface area contributed by atoms with Crippen LogP contribution in [-0.2, 0) is 13.2 Å². The number of piperidine rings is 1. The number of nitrogens with zero attached hydrogens (tertiary/aromatic N) is 1. The van der Waals surface area contributed by atoms with Crippen molar-refractivity contribution < 1.29 is 5.11 Å². The van der Waals surface area contributed by atoms with Crippen molar-refractivity contribution in [3.8, 4) is 0 Å². The predicted molar refractivity (Wildman–Crippen MR) is 69.4 cm³/mol. The third-order valence-corrected chi connectivity index (χ3v) is 3.65. The zero-order valence-electron chi connectivity index (χ0n) is 10.5. The molecule has 2 unspecified atom stereocenters. The highest BCUT2D eigenvalue weighted by Crippen LogP contribution is 2.18. The first-order chi connectivity index (χ1) is 8.19. The molecule has 17 heavy (non-hydrogen) atoms. The Morgan fingerprint density at radius 2 is 1.94 bits per heavy atom. The van der Waals surface area contributed by atoms with E-state index in [1.54, 1.807) is 0 Å². The van der Waals surface area contributed by atoms with Gasteiger partial charge in [-0.25, -0.2) is 0 Å². The van der Waals surface area contributed by atoms with Gasteiger partial charge in [-0.05, 0) is 30.9 Å². The van der Waals surface area contributed by atoms with Crippen LogP contribution in [0.3, 0.4) is 0 Å². The minimum absolute atomic E-state index is 0.120. The molecule has 3 N–H and O–H groups in total.